The minimum atomic E-state index is -0.0870. The summed E-state index contributed by atoms with van der Waals surface area (Å²) < 4.78 is 2.81. The highest BCUT2D eigenvalue weighted by Crippen LogP contribution is 2.21. The SMILES string of the molecule is NC(Cc1cncc(Br)c1)c1cnn2ccccc12. The molecule has 0 aliphatic carbocycles. The zero-order valence-corrected chi connectivity index (χ0v) is 11.8. The molecule has 0 saturated carbocycles. The molecule has 2 N–H and O–H groups in total. The summed E-state index contributed by atoms with van der Waals surface area (Å²) in [7, 11) is 0. The highest BCUT2D eigenvalue weighted by Gasteiger charge is 2.13. The molecule has 0 bridgehead atoms. The van der Waals surface area contributed by atoms with Crippen molar-refractivity contribution >= 4 is 21.4 Å². The maximum absolute atomic E-state index is 6.29. The molecule has 1 atom stereocenters. The molecular formula is C14H13BrN4. The van der Waals surface area contributed by atoms with E-state index in [-0.39, 0.29) is 6.04 Å². The van der Waals surface area contributed by atoms with Crippen molar-refractivity contribution in [3.8, 4) is 0 Å². The molecule has 96 valence electrons. The van der Waals surface area contributed by atoms with Crippen molar-refractivity contribution in [2.75, 3.05) is 0 Å². The van der Waals surface area contributed by atoms with Crippen LogP contribution in [0.5, 0.6) is 0 Å². The molecule has 0 radical (unpaired) electrons. The molecule has 0 aromatic carbocycles. The van der Waals surface area contributed by atoms with Crippen molar-refractivity contribution in [1.29, 1.82) is 0 Å². The fourth-order valence-electron chi connectivity index (χ4n) is 2.17. The predicted molar refractivity (Wildman–Crippen MR) is 77.8 cm³/mol. The zero-order valence-electron chi connectivity index (χ0n) is 10.2. The van der Waals surface area contributed by atoms with E-state index in [9.17, 15) is 0 Å². The molecule has 4 nitrogen and oxygen atoms in total. The summed E-state index contributed by atoms with van der Waals surface area (Å²) in [6, 6.07) is 7.93. The number of rotatable bonds is 3. The third-order valence-corrected chi connectivity index (χ3v) is 3.51. The van der Waals surface area contributed by atoms with Gasteiger partial charge in [0, 0.05) is 34.7 Å². The average Bonchev–Trinajstić information content (AvgIpc) is 2.82. The van der Waals surface area contributed by atoms with Crippen LogP contribution in [0.4, 0.5) is 0 Å². The van der Waals surface area contributed by atoms with E-state index < -0.39 is 0 Å². The molecule has 0 fully saturated rings. The molecule has 0 amide bonds. The van der Waals surface area contributed by atoms with Crippen LogP contribution >= 0.6 is 15.9 Å². The Bertz CT molecular complexity index is 707. The molecule has 3 aromatic rings. The minimum Gasteiger partial charge on any atom is -0.324 e. The van der Waals surface area contributed by atoms with E-state index in [0.717, 1.165) is 27.5 Å². The van der Waals surface area contributed by atoms with Gasteiger partial charge in [0.05, 0.1) is 11.7 Å². The molecule has 0 aliphatic rings. The van der Waals surface area contributed by atoms with Crippen LogP contribution in [0.25, 0.3) is 5.52 Å². The van der Waals surface area contributed by atoms with Crippen LogP contribution in [0.15, 0.2) is 53.5 Å². The lowest BCUT2D eigenvalue weighted by Gasteiger charge is -2.10. The average molecular weight is 317 g/mol. The van der Waals surface area contributed by atoms with Gasteiger partial charge in [-0.3, -0.25) is 4.98 Å². The van der Waals surface area contributed by atoms with Gasteiger partial charge in [0.25, 0.3) is 0 Å². The second-order valence-electron chi connectivity index (χ2n) is 4.45. The Morgan fingerprint density at radius 2 is 2.16 bits per heavy atom. The van der Waals surface area contributed by atoms with Crippen molar-refractivity contribution in [1.82, 2.24) is 14.6 Å². The lowest BCUT2D eigenvalue weighted by Crippen LogP contribution is -2.13. The second kappa shape index (κ2) is 5.11. The van der Waals surface area contributed by atoms with Crippen molar-refractivity contribution in [2.24, 2.45) is 5.73 Å². The summed E-state index contributed by atoms with van der Waals surface area (Å²) >= 11 is 3.42. The third kappa shape index (κ3) is 2.52. The molecule has 0 spiro atoms. The molecule has 3 rings (SSSR count). The van der Waals surface area contributed by atoms with Gasteiger partial charge in [-0.2, -0.15) is 5.10 Å². The first-order valence-corrected chi connectivity index (χ1v) is 6.80. The fourth-order valence-corrected chi connectivity index (χ4v) is 2.58. The number of hydrogen-bond acceptors (Lipinski definition) is 3. The first kappa shape index (κ1) is 12.3. The number of nitrogens with two attached hydrogens (primary N) is 1. The maximum atomic E-state index is 6.29. The van der Waals surface area contributed by atoms with Crippen LogP contribution in [0, 0.1) is 0 Å². The van der Waals surface area contributed by atoms with Gasteiger partial charge in [-0.25, -0.2) is 4.52 Å². The van der Waals surface area contributed by atoms with Crippen molar-refractivity contribution in [3.05, 3.63) is 64.7 Å². The monoisotopic (exact) mass is 316 g/mol. The molecule has 1 unspecified atom stereocenters. The molecular weight excluding hydrogens is 304 g/mol. The smallest absolute Gasteiger partial charge is 0.0709 e. The number of nitrogens with zero attached hydrogens (tertiary/aromatic N) is 3. The molecule has 5 heteroatoms. The molecule has 0 aliphatic heterocycles. The summed E-state index contributed by atoms with van der Waals surface area (Å²) in [4.78, 5) is 4.16. The number of pyridine rings is 2. The lowest BCUT2D eigenvalue weighted by molar-refractivity contribution is 0.725. The van der Waals surface area contributed by atoms with E-state index in [2.05, 4.69) is 26.0 Å². The summed E-state index contributed by atoms with van der Waals surface area (Å²) in [5.41, 5.74) is 9.51. The first-order chi connectivity index (χ1) is 9.24. The normalized spacial score (nSPS) is 12.7. The molecule has 3 aromatic heterocycles. The van der Waals surface area contributed by atoms with Crippen molar-refractivity contribution in [3.63, 3.8) is 0 Å². The van der Waals surface area contributed by atoms with E-state index in [1.54, 1.807) is 6.20 Å². The van der Waals surface area contributed by atoms with Crippen LogP contribution in [-0.4, -0.2) is 14.6 Å². The Hall–Kier alpha value is -1.72. The van der Waals surface area contributed by atoms with E-state index in [1.165, 1.54) is 0 Å². The summed E-state index contributed by atoms with van der Waals surface area (Å²) in [6.07, 6.45) is 8.11. The lowest BCUT2D eigenvalue weighted by atomic mass is 10.0. The van der Waals surface area contributed by atoms with E-state index in [4.69, 9.17) is 5.73 Å². The Kier molecular flexibility index (Phi) is 3.31. The van der Waals surface area contributed by atoms with E-state index in [1.807, 2.05) is 47.4 Å². The van der Waals surface area contributed by atoms with Gasteiger partial charge in [-0.1, -0.05) is 6.07 Å². The van der Waals surface area contributed by atoms with Crippen LogP contribution in [0.1, 0.15) is 17.2 Å². The van der Waals surface area contributed by atoms with Gasteiger partial charge < -0.3 is 5.73 Å². The van der Waals surface area contributed by atoms with Crippen LogP contribution in [0.2, 0.25) is 0 Å². The number of halogens is 1. The number of aromatic nitrogens is 3. The van der Waals surface area contributed by atoms with Gasteiger partial charge in [0.15, 0.2) is 0 Å². The topological polar surface area (TPSA) is 56.2 Å². The Morgan fingerprint density at radius 3 is 3.00 bits per heavy atom. The fraction of sp³-hybridized carbons (Fsp3) is 0.143. The van der Waals surface area contributed by atoms with E-state index in [0.29, 0.717) is 0 Å². The predicted octanol–water partition coefficient (Wildman–Crippen LogP) is 2.73. The van der Waals surface area contributed by atoms with Gasteiger partial charge in [0.2, 0.25) is 0 Å². The maximum Gasteiger partial charge on any atom is 0.0709 e. The molecule has 0 saturated heterocycles. The summed E-state index contributed by atoms with van der Waals surface area (Å²) in [5.74, 6) is 0. The largest absolute Gasteiger partial charge is 0.324 e. The first-order valence-electron chi connectivity index (χ1n) is 6.01. The Balaban J connectivity index is 1.90. The number of hydrogen-bond donors (Lipinski definition) is 1. The van der Waals surface area contributed by atoms with Gasteiger partial charge in [-0.15, -0.1) is 0 Å². The Labute approximate surface area is 119 Å². The van der Waals surface area contributed by atoms with E-state index >= 15 is 0 Å². The summed E-state index contributed by atoms with van der Waals surface area (Å²) in [5, 5.41) is 4.31. The third-order valence-electron chi connectivity index (χ3n) is 3.07. The highest BCUT2D eigenvalue weighted by atomic mass is 79.9. The summed E-state index contributed by atoms with van der Waals surface area (Å²) in [6.45, 7) is 0. The highest BCUT2D eigenvalue weighted by molar-refractivity contribution is 9.10. The minimum absolute atomic E-state index is 0.0870. The van der Waals surface area contributed by atoms with Gasteiger partial charge in [-0.05, 0) is 46.1 Å². The zero-order chi connectivity index (χ0) is 13.2. The quantitative estimate of drug-likeness (QED) is 0.808. The van der Waals surface area contributed by atoms with Crippen molar-refractivity contribution < 1.29 is 0 Å². The van der Waals surface area contributed by atoms with Crippen LogP contribution < -0.4 is 5.73 Å². The van der Waals surface area contributed by atoms with Crippen LogP contribution in [0.3, 0.4) is 0 Å². The van der Waals surface area contributed by atoms with Crippen LogP contribution in [-0.2, 0) is 6.42 Å². The number of fused-ring (bicyclic) bond motifs is 1. The van der Waals surface area contributed by atoms with Crippen molar-refractivity contribution in [2.45, 2.75) is 12.5 Å². The van der Waals surface area contributed by atoms with Gasteiger partial charge in [0.1, 0.15) is 0 Å². The van der Waals surface area contributed by atoms with Gasteiger partial charge >= 0.3 is 0 Å². The molecule has 3 heterocycles. The standard InChI is InChI=1S/C14H13BrN4/c15-11-5-10(7-17-8-11)6-13(16)12-9-18-19-4-2-1-3-14(12)19/h1-5,7-9,13H,6,16H2. The molecule has 19 heavy (non-hydrogen) atoms. The second-order valence-corrected chi connectivity index (χ2v) is 5.37. The Morgan fingerprint density at radius 1 is 1.26 bits per heavy atom.